The number of ether oxygens (including phenoxy) is 1. The molecular formula is C13H17NO4. The number of methoxy groups -OCH3 is 1. The van der Waals surface area contributed by atoms with Crippen LogP contribution in [0.1, 0.15) is 35.6 Å². The standard InChI is InChI=1S/C13H17NO4/c1-9-6-7-11(18-9)12(15)14-8-4-3-5-10(14)13(16)17-2/h6-7,10H,3-5,8H2,1-2H3/t10-/m1/s1. The highest BCUT2D eigenvalue weighted by Crippen LogP contribution is 2.21. The van der Waals surface area contributed by atoms with Gasteiger partial charge >= 0.3 is 5.97 Å². The third-order valence-electron chi connectivity index (χ3n) is 3.19. The minimum Gasteiger partial charge on any atom is -0.467 e. The first kappa shape index (κ1) is 12.7. The molecule has 98 valence electrons. The number of nitrogens with zero attached hydrogens (tertiary/aromatic N) is 1. The van der Waals surface area contributed by atoms with E-state index in [2.05, 4.69) is 0 Å². The van der Waals surface area contributed by atoms with Crippen LogP contribution in [0.2, 0.25) is 0 Å². The molecule has 5 heteroatoms. The molecule has 1 aromatic heterocycles. The molecule has 1 saturated heterocycles. The molecule has 0 unspecified atom stereocenters. The molecule has 1 fully saturated rings. The lowest BCUT2D eigenvalue weighted by atomic mass is 10.0. The Morgan fingerprint density at radius 3 is 2.78 bits per heavy atom. The molecule has 0 bridgehead atoms. The maximum atomic E-state index is 12.3. The quantitative estimate of drug-likeness (QED) is 0.751. The van der Waals surface area contributed by atoms with E-state index in [1.54, 1.807) is 24.0 Å². The molecule has 0 aliphatic carbocycles. The van der Waals surface area contributed by atoms with Gasteiger partial charge in [0, 0.05) is 6.54 Å². The van der Waals surface area contributed by atoms with Gasteiger partial charge in [0.05, 0.1) is 7.11 Å². The highest BCUT2D eigenvalue weighted by molar-refractivity contribution is 5.94. The Morgan fingerprint density at radius 2 is 2.17 bits per heavy atom. The zero-order chi connectivity index (χ0) is 13.1. The van der Waals surface area contributed by atoms with E-state index in [-0.39, 0.29) is 17.6 Å². The van der Waals surface area contributed by atoms with Gasteiger partial charge in [-0.15, -0.1) is 0 Å². The monoisotopic (exact) mass is 251 g/mol. The molecular weight excluding hydrogens is 234 g/mol. The average Bonchev–Trinajstić information content (AvgIpc) is 2.83. The average molecular weight is 251 g/mol. The van der Waals surface area contributed by atoms with E-state index in [1.807, 2.05) is 0 Å². The van der Waals surface area contributed by atoms with Crippen LogP contribution >= 0.6 is 0 Å². The summed E-state index contributed by atoms with van der Waals surface area (Å²) in [4.78, 5) is 25.5. The molecule has 1 amide bonds. The first-order valence-electron chi connectivity index (χ1n) is 6.08. The Kier molecular flexibility index (Phi) is 3.69. The summed E-state index contributed by atoms with van der Waals surface area (Å²) >= 11 is 0. The summed E-state index contributed by atoms with van der Waals surface area (Å²) in [5, 5.41) is 0. The predicted octanol–water partition coefficient (Wildman–Crippen LogP) is 1.76. The van der Waals surface area contributed by atoms with Gasteiger partial charge in [-0.2, -0.15) is 0 Å². The Labute approximate surface area is 106 Å². The molecule has 2 heterocycles. The van der Waals surface area contributed by atoms with E-state index in [4.69, 9.17) is 9.15 Å². The Hall–Kier alpha value is -1.78. The highest BCUT2D eigenvalue weighted by atomic mass is 16.5. The number of carbonyl (C=O) groups excluding carboxylic acids is 2. The van der Waals surface area contributed by atoms with Crippen LogP contribution in [0, 0.1) is 6.92 Å². The minimum atomic E-state index is -0.485. The molecule has 1 aliphatic heterocycles. The third kappa shape index (κ3) is 2.39. The molecule has 2 rings (SSSR count). The van der Waals surface area contributed by atoms with Gasteiger partial charge in [-0.05, 0) is 38.3 Å². The lowest BCUT2D eigenvalue weighted by molar-refractivity contribution is -0.147. The van der Waals surface area contributed by atoms with Crippen molar-refractivity contribution in [2.75, 3.05) is 13.7 Å². The summed E-state index contributed by atoms with van der Waals surface area (Å²) in [7, 11) is 1.34. The lowest BCUT2D eigenvalue weighted by Crippen LogP contribution is -2.48. The van der Waals surface area contributed by atoms with Crippen molar-refractivity contribution in [2.24, 2.45) is 0 Å². The normalized spacial score (nSPS) is 19.7. The predicted molar refractivity (Wildman–Crippen MR) is 64.1 cm³/mol. The third-order valence-corrected chi connectivity index (χ3v) is 3.19. The Balaban J connectivity index is 2.18. The molecule has 0 saturated carbocycles. The highest BCUT2D eigenvalue weighted by Gasteiger charge is 2.34. The van der Waals surface area contributed by atoms with Crippen LogP contribution in [0.5, 0.6) is 0 Å². The number of amides is 1. The summed E-state index contributed by atoms with van der Waals surface area (Å²) < 4.78 is 10.1. The van der Waals surface area contributed by atoms with Crippen molar-refractivity contribution in [1.82, 2.24) is 4.90 Å². The summed E-state index contributed by atoms with van der Waals surface area (Å²) in [6.45, 7) is 2.35. The van der Waals surface area contributed by atoms with Crippen molar-refractivity contribution in [1.29, 1.82) is 0 Å². The number of furan rings is 1. The number of rotatable bonds is 2. The van der Waals surface area contributed by atoms with Gasteiger partial charge < -0.3 is 14.1 Å². The van der Waals surface area contributed by atoms with Gasteiger partial charge in [0.1, 0.15) is 11.8 Å². The van der Waals surface area contributed by atoms with Gasteiger partial charge in [-0.3, -0.25) is 4.79 Å². The molecule has 1 atom stereocenters. The topological polar surface area (TPSA) is 59.8 Å². The number of carbonyl (C=O) groups is 2. The van der Waals surface area contributed by atoms with Gasteiger partial charge in [0.15, 0.2) is 5.76 Å². The summed E-state index contributed by atoms with van der Waals surface area (Å²) in [6, 6.07) is 2.90. The number of aryl methyl sites for hydroxylation is 1. The fourth-order valence-electron chi connectivity index (χ4n) is 2.25. The van der Waals surface area contributed by atoms with Crippen LogP contribution in [-0.4, -0.2) is 36.5 Å². The van der Waals surface area contributed by atoms with Crippen molar-refractivity contribution in [3.63, 3.8) is 0 Å². The zero-order valence-corrected chi connectivity index (χ0v) is 10.6. The van der Waals surface area contributed by atoms with E-state index in [0.29, 0.717) is 18.7 Å². The van der Waals surface area contributed by atoms with Crippen molar-refractivity contribution >= 4 is 11.9 Å². The maximum absolute atomic E-state index is 12.3. The van der Waals surface area contributed by atoms with E-state index in [0.717, 1.165) is 12.8 Å². The van der Waals surface area contributed by atoms with Gasteiger partial charge in [0.25, 0.3) is 5.91 Å². The van der Waals surface area contributed by atoms with Crippen LogP contribution in [0.25, 0.3) is 0 Å². The molecule has 0 radical (unpaired) electrons. The SMILES string of the molecule is COC(=O)[C@H]1CCCCN1C(=O)c1ccc(C)o1. The van der Waals surface area contributed by atoms with Gasteiger partial charge in [-0.25, -0.2) is 4.79 Å². The molecule has 0 spiro atoms. The molecule has 0 N–H and O–H groups in total. The van der Waals surface area contributed by atoms with Crippen LogP contribution < -0.4 is 0 Å². The molecule has 1 aromatic rings. The summed E-state index contributed by atoms with van der Waals surface area (Å²) in [5.41, 5.74) is 0. The van der Waals surface area contributed by atoms with E-state index >= 15 is 0 Å². The smallest absolute Gasteiger partial charge is 0.328 e. The number of piperidine rings is 1. The van der Waals surface area contributed by atoms with Crippen molar-refractivity contribution in [2.45, 2.75) is 32.2 Å². The Bertz CT molecular complexity index is 452. The first-order valence-corrected chi connectivity index (χ1v) is 6.08. The van der Waals surface area contributed by atoms with Crippen molar-refractivity contribution < 1.29 is 18.7 Å². The fraction of sp³-hybridized carbons (Fsp3) is 0.538. The zero-order valence-electron chi connectivity index (χ0n) is 10.6. The minimum absolute atomic E-state index is 0.238. The fourth-order valence-corrected chi connectivity index (χ4v) is 2.25. The molecule has 5 nitrogen and oxygen atoms in total. The number of likely N-dealkylation sites (tertiary alicyclic amines) is 1. The second-order valence-corrected chi connectivity index (χ2v) is 4.44. The van der Waals surface area contributed by atoms with Gasteiger partial charge in [-0.1, -0.05) is 0 Å². The second-order valence-electron chi connectivity index (χ2n) is 4.44. The molecule has 18 heavy (non-hydrogen) atoms. The second kappa shape index (κ2) is 5.25. The number of hydrogen-bond acceptors (Lipinski definition) is 4. The van der Waals surface area contributed by atoms with E-state index in [9.17, 15) is 9.59 Å². The number of hydrogen-bond donors (Lipinski definition) is 0. The Morgan fingerprint density at radius 1 is 1.39 bits per heavy atom. The lowest BCUT2D eigenvalue weighted by Gasteiger charge is -2.33. The van der Waals surface area contributed by atoms with Crippen molar-refractivity contribution in [3.05, 3.63) is 23.7 Å². The van der Waals surface area contributed by atoms with Gasteiger partial charge in [0.2, 0.25) is 0 Å². The summed E-state index contributed by atoms with van der Waals surface area (Å²) in [6.07, 6.45) is 2.48. The van der Waals surface area contributed by atoms with Crippen LogP contribution in [-0.2, 0) is 9.53 Å². The van der Waals surface area contributed by atoms with Crippen LogP contribution in [0.4, 0.5) is 0 Å². The molecule has 0 aromatic carbocycles. The van der Waals surface area contributed by atoms with Crippen LogP contribution in [0.15, 0.2) is 16.5 Å². The van der Waals surface area contributed by atoms with Crippen molar-refractivity contribution in [3.8, 4) is 0 Å². The van der Waals surface area contributed by atoms with Crippen LogP contribution in [0.3, 0.4) is 0 Å². The number of esters is 1. The largest absolute Gasteiger partial charge is 0.467 e. The first-order chi connectivity index (χ1) is 8.63. The van der Waals surface area contributed by atoms with E-state index < -0.39 is 6.04 Å². The summed E-state index contributed by atoms with van der Waals surface area (Å²) in [5.74, 6) is 0.373. The maximum Gasteiger partial charge on any atom is 0.328 e. The molecule has 1 aliphatic rings. The van der Waals surface area contributed by atoms with E-state index in [1.165, 1.54) is 7.11 Å².